The number of benzene rings is 4. The molecule has 0 aromatic heterocycles. The van der Waals surface area contributed by atoms with Gasteiger partial charge in [0.25, 0.3) is 0 Å². The zero-order valence-electron chi connectivity index (χ0n) is 26.7. The standard InChI is InChI=1S/C22H23.C16H13.C2H6Si.2ClH.Zr/c1-22(2,3)19-11-9-16(10-12-19)20-6-4-5-17-13-18(14-21(17)20)15-7-8-15;1-12-10-14-8-5-9-15(16(14)11-12)13-6-3-2-4-7-13;1-3-2;;;/h4-6,9-15H,7-8H2,1-3H3;2-11H,1H3;1-2H3;2*1H;/q2*-1;;;;+2/p-2. The first kappa shape index (κ1) is 36.3. The number of fused-ring (bicyclic) bond motifs is 2. The van der Waals surface area contributed by atoms with Crippen molar-refractivity contribution >= 4 is 27.0 Å². The second kappa shape index (κ2) is 15.9. The van der Waals surface area contributed by atoms with Crippen molar-refractivity contribution < 1.29 is 48.1 Å². The first-order valence-corrected chi connectivity index (χ1v) is 21.3. The van der Waals surface area contributed by atoms with E-state index in [1.54, 1.807) is 23.3 Å². The predicted octanol–water partition coefficient (Wildman–Crippen LogP) is 5.73. The van der Waals surface area contributed by atoms with Gasteiger partial charge in [-0.15, -0.1) is 69.1 Å². The van der Waals surface area contributed by atoms with Gasteiger partial charge >= 0.3 is 41.9 Å². The maximum absolute atomic E-state index is 2.42. The smallest absolute Gasteiger partial charge is 0.0279 e. The minimum atomic E-state index is 0. The van der Waals surface area contributed by atoms with Crippen LogP contribution in [0.15, 0.2) is 115 Å². The molecule has 0 heterocycles. The molecule has 1 fully saturated rings. The van der Waals surface area contributed by atoms with E-state index in [1.165, 1.54) is 73.3 Å². The molecule has 1 saturated carbocycles. The van der Waals surface area contributed by atoms with Gasteiger partial charge in [0, 0.05) is 0 Å². The summed E-state index contributed by atoms with van der Waals surface area (Å²) in [6.07, 6.45) is 2.73. The van der Waals surface area contributed by atoms with Crippen molar-refractivity contribution in [2.24, 2.45) is 0 Å². The summed E-state index contributed by atoms with van der Waals surface area (Å²) < 4.78 is 0. The molecule has 0 N–H and O–H groups in total. The number of rotatable bonds is 3. The molecular formula is C40H42Cl2SiZr-2. The summed E-state index contributed by atoms with van der Waals surface area (Å²) in [5.74, 6) is 0.823. The van der Waals surface area contributed by atoms with E-state index in [9.17, 15) is 0 Å². The van der Waals surface area contributed by atoms with E-state index in [0.717, 1.165) is 5.92 Å². The molecule has 0 spiro atoms. The molecule has 0 amide bonds. The third-order valence-electron chi connectivity index (χ3n) is 7.86. The molecule has 44 heavy (non-hydrogen) atoms. The van der Waals surface area contributed by atoms with E-state index in [4.69, 9.17) is 0 Å². The molecule has 7 rings (SSSR count). The minimum absolute atomic E-state index is 0. The van der Waals surface area contributed by atoms with E-state index < -0.39 is 0 Å². The van der Waals surface area contributed by atoms with Crippen molar-refractivity contribution in [3.63, 3.8) is 0 Å². The maximum atomic E-state index is 2.42. The molecule has 6 aromatic rings. The summed E-state index contributed by atoms with van der Waals surface area (Å²) >= 11 is 1.74. The van der Waals surface area contributed by atoms with Crippen molar-refractivity contribution in [2.75, 3.05) is 0 Å². The molecule has 4 heteroatoms. The van der Waals surface area contributed by atoms with Gasteiger partial charge in [-0.25, -0.2) is 0 Å². The van der Waals surface area contributed by atoms with Gasteiger partial charge in [0.05, 0.1) is 0 Å². The van der Waals surface area contributed by atoms with Crippen LogP contribution in [0.4, 0.5) is 0 Å². The van der Waals surface area contributed by atoms with Gasteiger partial charge < -0.3 is 24.8 Å². The van der Waals surface area contributed by atoms with Gasteiger partial charge in [0.2, 0.25) is 0 Å². The van der Waals surface area contributed by atoms with Crippen LogP contribution in [0.25, 0.3) is 43.8 Å². The Hall–Kier alpha value is -2.22. The Morgan fingerprint density at radius 1 is 0.659 bits per heavy atom. The van der Waals surface area contributed by atoms with Crippen LogP contribution in [0.5, 0.6) is 0 Å². The van der Waals surface area contributed by atoms with Crippen molar-refractivity contribution in [3.8, 4) is 22.3 Å². The monoisotopic (exact) mass is 710 g/mol. The molecule has 0 saturated heterocycles. The summed E-state index contributed by atoms with van der Waals surface area (Å²) in [4.78, 5) is 0. The summed E-state index contributed by atoms with van der Waals surface area (Å²) in [5, 5.41) is 5.48. The predicted molar refractivity (Wildman–Crippen MR) is 183 cm³/mol. The Bertz CT molecular complexity index is 1800. The Labute approximate surface area is 292 Å². The van der Waals surface area contributed by atoms with Gasteiger partial charge in [-0.1, -0.05) is 106 Å². The topological polar surface area (TPSA) is 0 Å². The van der Waals surface area contributed by atoms with E-state index in [1.807, 2.05) is 0 Å². The van der Waals surface area contributed by atoms with Crippen LogP contribution < -0.4 is 24.8 Å². The summed E-state index contributed by atoms with van der Waals surface area (Å²) in [6, 6.07) is 42.2. The van der Waals surface area contributed by atoms with E-state index in [-0.39, 0.29) is 35.7 Å². The third kappa shape index (κ3) is 9.17. The Morgan fingerprint density at radius 3 is 1.68 bits per heavy atom. The molecule has 0 radical (unpaired) electrons. The van der Waals surface area contributed by atoms with Crippen molar-refractivity contribution in [1.82, 2.24) is 0 Å². The molecule has 0 atom stereocenters. The third-order valence-corrected chi connectivity index (χ3v) is 7.86. The zero-order chi connectivity index (χ0) is 29.9. The van der Waals surface area contributed by atoms with Crippen molar-refractivity contribution in [3.05, 3.63) is 132 Å². The normalized spacial score (nSPS) is 12.3. The first-order chi connectivity index (χ1) is 20.1. The van der Waals surface area contributed by atoms with Crippen LogP contribution in [0.1, 0.15) is 56.2 Å². The number of hydrogen-bond acceptors (Lipinski definition) is 0. The fourth-order valence-corrected chi connectivity index (χ4v) is 5.57. The average molecular weight is 713 g/mol. The van der Waals surface area contributed by atoms with Gasteiger partial charge in [-0.2, -0.15) is 12.1 Å². The fraction of sp³-hybridized carbons (Fsp3) is 0.250. The molecule has 1 aliphatic rings. The van der Waals surface area contributed by atoms with Crippen LogP contribution >= 0.6 is 0 Å². The fourth-order valence-electron chi connectivity index (χ4n) is 5.57. The number of aryl methyl sites for hydroxylation is 1. The second-order valence-corrected chi connectivity index (χ2v) is 22.3. The minimum Gasteiger partial charge on any atom is -1.00 e. The van der Waals surface area contributed by atoms with Gasteiger partial charge in [-0.3, -0.25) is 0 Å². The van der Waals surface area contributed by atoms with Gasteiger partial charge in [-0.05, 0) is 40.9 Å². The number of hydrogen-bond donors (Lipinski definition) is 0. The SMILES string of the molecule is CC(C)(C)c1ccc(-c2cccc3[cH-]c(C4CC4)cc23)cc1.C[Si](C)=[Zr+2].Cc1cc2c(-c3ccccc3)cccc2[cH-]1.[Cl-].[Cl-]. The van der Waals surface area contributed by atoms with Gasteiger partial charge in [0.1, 0.15) is 0 Å². The Kier molecular flexibility index (Phi) is 13.1. The zero-order valence-corrected chi connectivity index (χ0v) is 31.7. The van der Waals surface area contributed by atoms with Gasteiger partial charge in [0.15, 0.2) is 0 Å². The molecule has 0 nitrogen and oxygen atoms in total. The molecule has 0 bridgehead atoms. The summed E-state index contributed by atoms with van der Waals surface area (Å²) in [6.45, 7) is 13.6. The maximum Gasteiger partial charge on any atom is -0.0279 e. The Balaban J connectivity index is 0.000000213. The largest absolute Gasteiger partial charge is 1.00 e. The summed E-state index contributed by atoms with van der Waals surface area (Å²) in [7, 11) is 0. The first-order valence-electron chi connectivity index (χ1n) is 15.1. The quantitative estimate of drug-likeness (QED) is 0.163. The van der Waals surface area contributed by atoms with Crippen LogP contribution in [-0.2, 0) is 28.8 Å². The van der Waals surface area contributed by atoms with Crippen molar-refractivity contribution in [1.29, 1.82) is 0 Å². The van der Waals surface area contributed by atoms with E-state index >= 15 is 0 Å². The van der Waals surface area contributed by atoms with E-state index in [0.29, 0.717) is 0 Å². The number of halogens is 2. The van der Waals surface area contributed by atoms with Crippen molar-refractivity contribution in [2.45, 2.75) is 65.0 Å². The molecule has 1 aliphatic carbocycles. The van der Waals surface area contributed by atoms with Crippen LogP contribution in [0.2, 0.25) is 13.1 Å². The molecule has 0 unspecified atom stereocenters. The Morgan fingerprint density at radius 2 is 1.16 bits per heavy atom. The molecule has 0 aliphatic heterocycles. The van der Waals surface area contributed by atoms with Crippen LogP contribution in [0, 0.1) is 6.92 Å². The molecular weight excluding hydrogens is 671 g/mol. The summed E-state index contributed by atoms with van der Waals surface area (Å²) in [5.41, 5.74) is 9.99. The van der Waals surface area contributed by atoms with Crippen LogP contribution in [-0.4, -0.2) is 5.43 Å². The molecule has 6 aromatic carbocycles. The van der Waals surface area contributed by atoms with Crippen LogP contribution in [0.3, 0.4) is 0 Å². The second-order valence-electron chi connectivity index (χ2n) is 12.9. The van der Waals surface area contributed by atoms with E-state index in [2.05, 4.69) is 156 Å². The molecule has 226 valence electrons. The average Bonchev–Trinajstić information content (AvgIpc) is 3.60.